The molecule has 0 saturated heterocycles. The van der Waals surface area contributed by atoms with Gasteiger partial charge in [0.25, 0.3) is 0 Å². The highest BCUT2D eigenvalue weighted by Gasteiger charge is 2.21. The predicted octanol–water partition coefficient (Wildman–Crippen LogP) is 10.5. The van der Waals surface area contributed by atoms with E-state index in [9.17, 15) is 0 Å². The minimum Gasteiger partial charge on any atom is -0.454 e. The van der Waals surface area contributed by atoms with Crippen LogP contribution >= 0.6 is 0 Å². The smallest absolute Gasteiger partial charge is 0.164 e. The zero-order chi connectivity index (χ0) is 31.2. The molecule has 1 aliphatic rings. The molecule has 0 saturated carbocycles. The van der Waals surface area contributed by atoms with Crippen molar-refractivity contribution in [3.8, 4) is 56.4 Å². The normalized spacial score (nSPS) is 12.3. The van der Waals surface area contributed by atoms with E-state index in [4.69, 9.17) is 19.4 Å². The molecule has 222 valence electrons. The molecule has 1 N–H and O–H groups in total. The number of nitrogens with zero attached hydrogens (tertiary/aromatic N) is 3. The van der Waals surface area contributed by atoms with Gasteiger partial charge in [0, 0.05) is 23.2 Å². The van der Waals surface area contributed by atoms with Crippen LogP contribution in [0.3, 0.4) is 0 Å². The number of fused-ring (bicyclic) bond motifs is 4. The van der Waals surface area contributed by atoms with Gasteiger partial charge in [-0.1, -0.05) is 133 Å². The molecule has 1 aliphatic heterocycles. The molecular formula is C42H28N4O. The van der Waals surface area contributed by atoms with Crippen LogP contribution < -0.4 is 5.32 Å². The zero-order valence-electron chi connectivity index (χ0n) is 25.4. The Labute approximate surface area is 271 Å². The Balaban J connectivity index is 1.15. The van der Waals surface area contributed by atoms with E-state index in [0.717, 1.165) is 62.2 Å². The quantitative estimate of drug-likeness (QED) is 0.212. The van der Waals surface area contributed by atoms with Crippen LogP contribution in [0.4, 0.5) is 5.69 Å². The van der Waals surface area contributed by atoms with Crippen molar-refractivity contribution >= 4 is 33.5 Å². The van der Waals surface area contributed by atoms with Crippen LogP contribution in [-0.4, -0.2) is 21.5 Å². The summed E-state index contributed by atoms with van der Waals surface area (Å²) >= 11 is 0. The van der Waals surface area contributed by atoms with Gasteiger partial charge in [0.15, 0.2) is 23.2 Å². The summed E-state index contributed by atoms with van der Waals surface area (Å²) in [4.78, 5) is 15.2. The van der Waals surface area contributed by atoms with Crippen LogP contribution in [0.25, 0.3) is 84.2 Å². The lowest BCUT2D eigenvalue weighted by atomic mass is 9.99. The molecule has 6 aromatic carbocycles. The number of aromatic nitrogens is 3. The summed E-state index contributed by atoms with van der Waals surface area (Å²) in [6.45, 7) is 0.738. The Morgan fingerprint density at radius 1 is 0.489 bits per heavy atom. The first-order chi connectivity index (χ1) is 23.3. The molecule has 9 rings (SSSR count). The second-order valence-corrected chi connectivity index (χ2v) is 11.7. The number of furan rings is 1. The summed E-state index contributed by atoms with van der Waals surface area (Å²) in [5.41, 5.74) is 9.21. The van der Waals surface area contributed by atoms with Crippen molar-refractivity contribution < 1.29 is 4.42 Å². The molecule has 5 nitrogen and oxygen atoms in total. The van der Waals surface area contributed by atoms with E-state index in [0.29, 0.717) is 17.5 Å². The molecule has 0 atom stereocenters. The summed E-state index contributed by atoms with van der Waals surface area (Å²) in [5, 5.41) is 6.78. The fourth-order valence-electron chi connectivity index (χ4n) is 6.35. The van der Waals surface area contributed by atoms with Crippen LogP contribution in [0.15, 0.2) is 150 Å². The lowest BCUT2D eigenvalue weighted by Crippen LogP contribution is -2.03. The first kappa shape index (κ1) is 27.0. The molecule has 47 heavy (non-hydrogen) atoms. The van der Waals surface area contributed by atoms with Crippen LogP contribution in [0.5, 0.6) is 0 Å². The van der Waals surface area contributed by atoms with Gasteiger partial charge >= 0.3 is 0 Å². The molecule has 2 aromatic heterocycles. The Kier molecular flexibility index (Phi) is 6.46. The van der Waals surface area contributed by atoms with Crippen molar-refractivity contribution in [1.29, 1.82) is 0 Å². The van der Waals surface area contributed by atoms with Gasteiger partial charge in [0.2, 0.25) is 0 Å². The molecule has 0 spiro atoms. The Hall–Kier alpha value is -6.33. The largest absolute Gasteiger partial charge is 0.454 e. The first-order valence-electron chi connectivity index (χ1n) is 15.7. The maximum Gasteiger partial charge on any atom is 0.164 e. The number of hydrogen-bond donors (Lipinski definition) is 1. The Morgan fingerprint density at radius 3 is 1.83 bits per heavy atom. The molecule has 5 heteroatoms. The summed E-state index contributed by atoms with van der Waals surface area (Å²) in [6, 6.07) is 48.3. The van der Waals surface area contributed by atoms with Crippen LogP contribution in [0, 0.1) is 0 Å². The summed E-state index contributed by atoms with van der Waals surface area (Å²) in [5.74, 6) is 2.66. The van der Waals surface area contributed by atoms with E-state index in [-0.39, 0.29) is 0 Å². The van der Waals surface area contributed by atoms with Crippen molar-refractivity contribution in [3.05, 3.63) is 151 Å². The third kappa shape index (κ3) is 4.95. The van der Waals surface area contributed by atoms with E-state index >= 15 is 0 Å². The van der Waals surface area contributed by atoms with Crippen molar-refractivity contribution in [2.75, 3.05) is 11.9 Å². The number of rotatable bonds is 5. The lowest BCUT2D eigenvalue weighted by molar-refractivity contribution is 0.604. The standard InChI is InChI=1S/C42H28N4O/c1-2-8-27(9-3-1)29-15-17-30(18-16-29)31-19-22-32(23-20-31)40-44-41(34-24-21-28-10-4-5-11-33(28)26-34)46-42(45-40)35-12-6-13-36-38(35)39-37(47-36)14-7-25-43-39/h1-24,26,43H,25H2. The van der Waals surface area contributed by atoms with Crippen molar-refractivity contribution in [3.63, 3.8) is 0 Å². The highest BCUT2D eigenvalue weighted by atomic mass is 16.3. The fourth-order valence-corrected chi connectivity index (χ4v) is 6.35. The van der Waals surface area contributed by atoms with Crippen LogP contribution in [0.1, 0.15) is 5.76 Å². The van der Waals surface area contributed by atoms with E-state index in [1.165, 1.54) is 16.5 Å². The average Bonchev–Trinajstić information content (AvgIpc) is 3.54. The van der Waals surface area contributed by atoms with Gasteiger partial charge in [-0.05, 0) is 51.2 Å². The first-order valence-corrected chi connectivity index (χ1v) is 15.7. The second kappa shape index (κ2) is 11.2. The summed E-state index contributed by atoms with van der Waals surface area (Å²) < 4.78 is 6.20. The number of nitrogens with one attached hydrogen (secondary N) is 1. The Morgan fingerprint density at radius 2 is 1.09 bits per heavy atom. The van der Waals surface area contributed by atoms with E-state index < -0.39 is 0 Å². The highest BCUT2D eigenvalue weighted by Crippen LogP contribution is 2.40. The minimum atomic E-state index is 0.601. The topological polar surface area (TPSA) is 63.8 Å². The third-order valence-corrected chi connectivity index (χ3v) is 8.76. The predicted molar refractivity (Wildman–Crippen MR) is 192 cm³/mol. The number of hydrogen-bond acceptors (Lipinski definition) is 5. The van der Waals surface area contributed by atoms with Crippen molar-refractivity contribution in [1.82, 2.24) is 15.0 Å². The van der Waals surface area contributed by atoms with E-state index in [2.05, 4.69) is 133 Å². The maximum absolute atomic E-state index is 6.20. The van der Waals surface area contributed by atoms with Gasteiger partial charge in [-0.2, -0.15) is 0 Å². The molecule has 0 radical (unpaired) electrons. The minimum absolute atomic E-state index is 0.601. The molecule has 8 aromatic rings. The summed E-state index contributed by atoms with van der Waals surface area (Å²) in [7, 11) is 0. The highest BCUT2D eigenvalue weighted by molar-refractivity contribution is 6.05. The number of benzene rings is 6. The molecular weight excluding hydrogens is 576 g/mol. The monoisotopic (exact) mass is 604 g/mol. The molecule has 0 bridgehead atoms. The van der Waals surface area contributed by atoms with Gasteiger partial charge in [-0.15, -0.1) is 0 Å². The summed E-state index contributed by atoms with van der Waals surface area (Å²) in [6.07, 6.45) is 4.08. The van der Waals surface area contributed by atoms with Gasteiger partial charge in [-0.25, -0.2) is 15.0 Å². The molecule has 0 unspecified atom stereocenters. The Bertz CT molecular complexity index is 2440. The van der Waals surface area contributed by atoms with Gasteiger partial charge in [-0.3, -0.25) is 0 Å². The van der Waals surface area contributed by atoms with E-state index in [1.54, 1.807) is 0 Å². The SMILES string of the molecule is C1=Cc2oc3cccc(-c4nc(-c5ccc(-c6ccc(-c7ccccc7)cc6)cc5)nc(-c5ccc6ccccc6c5)n4)c3c2NC1. The number of anilines is 1. The maximum atomic E-state index is 6.20. The molecule has 0 fully saturated rings. The van der Waals surface area contributed by atoms with Crippen molar-refractivity contribution in [2.24, 2.45) is 0 Å². The van der Waals surface area contributed by atoms with Gasteiger partial charge < -0.3 is 9.73 Å². The molecule has 0 amide bonds. The van der Waals surface area contributed by atoms with Gasteiger partial charge in [0.1, 0.15) is 5.58 Å². The fraction of sp³-hybridized carbons (Fsp3) is 0.0238. The van der Waals surface area contributed by atoms with E-state index in [1.807, 2.05) is 24.3 Å². The molecule has 3 heterocycles. The zero-order valence-corrected chi connectivity index (χ0v) is 25.4. The lowest BCUT2D eigenvalue weighted by Gasteiger charge is -2.12. The average molecular weight is 605 g/mol. The molecule has 0 aliphatic carbocycles. The van der Waals surface area contributed by atoms with Gasteiger partial charge in [0.05, 0.1) is 11.1 Å². The third-order valence-electron chi connectivity index (χ3n) is 8.76. The van der Waals surface area contributed by atoms with Crippen LogP contribution in [0.2, 0.25) is 0 Å². The second-order valence-electron chi connectivity index (χ2n) is 11.7. The van der Waals surface area contributed by atoms with Crippen molar-refractivity contribution in [2.45, 2.75) is 0 Å². The van der Waals surface area contributed by atoms with Crippen LogP contribution in [-0.2, 0) is 0 Å².